The molecule has 1 atom stereocenters. The van der Waals surface area contributed by atoms with Gasteiger partial charge in [0.05, 0.1) is 0 Å². The second kappa shape index (κ2) is 6.39. The predicted molar refractivity (Wildman–Crippen MR) is 76.3 cm³/mol. The average Bonchev–Trinajstić information content (AvgIpc) is 2.46. The number of aromatic hydroxyl groups is 1. The predicted octanol–water partition coefficient (Wildman–Crippen LogP) is 3.39. The first-order chi connectivity index (χ1) is 9.60. The van der Waals surface area contributed by atoms with Gasteiger partial charge in [-0.05, 0) is 49.4 Å². The summed E-state index contributed by atoms with van der Waals surface area (Å²) in [4.78, 5) is 0. The van der Waals surface area contributed by atoms with Crippen molar-refractivity contribution in [3.63, 3.8) is 0 Å². The van der Waals surface area contributed by atoms with E-state index in [1.165, 1.54) is 6.07 Å². The fourth-order valence-electron chi connectivity index (χ4n) is 1.82. The van der Waals surface area contributed by atoms with Crippen LogP contribution in [-0.4, -0.2) is 12.2 Å². The maximum absolute atomic E-state index is 13.9. The molecule has 0 saturated carbocycles. The van der Waals surface area contributed by atoms with Gasteiger partial charge >= 0.3 is 0 Å². The Kier molecular flexibility index (Phi) is 4.58. The second-order valence-corrected chi connectivity index (χ2v) is 4.66. The van der Waals surface area contributed by atoms with Crippen LogP contribution < -0.4 is 10.1 Å². The highest BCUT2D eigenvalue weighted by Gasteiger charge is 2.08. The van der Waals surface area contributed by atoms with E-state index in [9.17, 15) is 9.50 Å². The van der Waals surface area contributed by atoms with E-state index in [-0.39, 0.29) is 30.0 Å². The smallest absolute Gasteiger partial charge is 0.165 e. The third-order valence-electron chi connectivity index (χ3n) is 3.22. The summed E-state index contributed by atoms with van der Waals surface area (Å²) in [7, 11) is 1.83. The largest absolute Gasteiger partial charge is 0.508 e. The highest BCUT2D eigenvalue weighted by molar-refractivity contribution is 5.31. The average molecular weight is 275 g/mol. The molecule has 0 aliphatic heterocycles. The van der Waals surface area contributed by atoms with E-state index in [4.69, 9.17) is 4.74 Å². The molecule has 0 saturated heterocycles. The number of rotatable bonds is 5. The summed E-state index contributed by atoms with van der Waals surface area (Å²) in [6, 6.07) is 11.7. The van der Waals surface area contributed by atoms with Crippen molar-refractivity contribution in [1.82, 2.24) is 5.32 Å². The number of hydrogen-bond acceptors (Lipinski definition) is 3. The minimum Gasteiger partial charge on any atom is -0.508 e. The summed E-state index contributed by atoms with van der Waals surface area (Å²) < 4.78 is 19.4. The Morgan fingerprint density at radius 1 is 1.20 bits per heavy atom. The van der Waals surface area contributed by atoms with Crippen LogP contribution in [0.2, 0.25) is 0 Å². The minimum absolute atomic E-state index is 0.0932. The number of benzene rings is 2. The van der Waals surface area contributed by atoms with Crippen molar-refractivity contribution in [1.29, 1.82) is 0 Å². The lowest BCUT2D eigenvalue weighted by Gasteiger charge is -2.13. The molecule has 0 fully saturated rings. The number of ether oxygens (including phenoxy) is 1. The molecule has 0 spiro atoms. The molecule has 0 amide bonds. The van der Waals surface area contributed by atoms with Gasteiger partial charge in [0.2, 0.25) is 0 Å². The summed E-state index contributed by atoms with van der Waals surface area (Å²) in [5.74, 6) is 0.0545. The summed E-state index contributed by atoms with van der Waals surface area (Å²) in [6.07, 6.45) is 0. The van der Waals surface area contributed by atoms with Gasteiger partial charge in [-0.15, -0.1) is 0 Å². The minimum atomic E-state index is -0.372. The van der Waals surface area contributed by atoms with E-state index in [0.717, 1.165) is 11.1 Å². The maximum Gasteiger partial charge on any atom is 0.165 e. The van der Waals surface area contributed by atoms with Gasteiger partial charge in [0.1, 0.15) is 12.4 Å². The standard InChI is InChI=1S/C16H18FNO2/c1-11(18-2)13-5-8-16(15(17)9-13)20-10-12-3-6-14(19)7-4-12/h3-9,11,18-19H,10H2,1-2H3. The molecule has 4 heteroatoms. The molecule has 20 heavy (non-hydrogen) atoms. The van der Waals surface area contributed by atoms with Gasteiger partial charge in [-0.1, -0.05) is 18.2 Å². The monoisotopic (exact) mass is 275 g/mol. The van der Waals surface area contributed by atoms with Gasteiger partial charge < -0.3 is 15.2 Å². The van der Waals surface area contributed by atoms with Crippen LogP contribution in [-0.2, 0) is 6.61 Å². The molecule has 0 radical (unpaired) electrons. The van der Waals surface area contributed by atoms with E-state index in [2.05, 4.69) is 5.32 Å². The number of phenols is 1. The molecule has 2 aromatic carbocycles. The molecular formula is C16H18FNO2. The lowest BCUT2D eigenvalue weighted by atomic mass is 10.1. The van der Waals surface area contributed by atoms with Gasteiger partial charge in [-0.25, -0.2) is 4.39 Å². The van der Waals surface area contributed by atoms with Crippen molar-refractivity contribution in [2.45, 2.75) is 19.6 Å². The summed E-state index contributed by atoms with van der Waals surface area (Å²) >= 11 is 0. The van der Waals surface area contributed by atoms with Gasteiger partial charge in [-0.3, -0.25) is 0 Å². The molecule has 106 valence electrons. The fourth-order valence-corrected chi connectivity index (χ4v) is 1.82. The first-order valence-corrected chi connectivity index (χ1v) is 6.47. The number of halogens is 1. The van der Waals surface area contributed by atoms with Crippen molar-refractivity contribution >= 4 is 0 Å². The Balaban J connectivity index is 2.04. The summed E-state index contributed by atoms with van der Waals surface area (Å²) in [5.41, 5.74) is 1.75. The molecular weight excluding hydrogens is 257 g/mol. The quantitative estimate of drug-likeness (QED) is 0.879. The maximum atomic E-state index is 13.9. The molecule has 0 aliphatic rings. The molecule has 2 N–H and O–H groups in total. The number of hydrogen-bond donors (Lipinski definition) is 2. The third-order valence-corrected chi connectivity index (χ3v) is 3.22. The van der Waals surface area contributed by atoms with E-state index in [0.29, 0.717) is 0 Å². The van der Waals surface area contributed by atoms with E-state index >= 15 is 0 Å². The van der Waals surface area contributed by atoms with Gasteiger partial charge in [0.25, 0.3) is 0 Å². The van der Waals surface area contributed by atoms with E-state index < -0.39 is 0 Å². The van der Waals surface area contributed by atoms with Crippen molar-refractivity contribution in [3.8, 4) is 11.5 Å². The molecule has 0 heterocycles. The van der Waals surface area contributed by atoms with Gasteiger partial charge in [-0.2, -0.15) is 0 Å². The lowest BCUT2D eigenvalue weighted by molar-refractivity contribution is 0.290. The van der Waals surface area contributed by atoms with E-state index in [1.807, 2.05) is 20.0 Å². The van der Waals surface area contributed by atoms with Crippen LogP contribution in [0.25, 0.3) is 0 Å². The van der Waals surface area contributed by atoms with Crippen LogP contribution in [0, 0.1) is 5.82 Å². The van der Waals surface area contributed by atoms with Crippen LogP contribution in [0.3, 0.4) is 0 Å². The summed E-state index contributed by atoms with van der Waals surface area (Å²) in [5, 5.41) is 12.2. The van der Waals surface area contributed by atoms with Gasteiger partial charge in [0.15, 0.2) is 11.6 Å². The van der Waals surface area contributed by atoms with Crippen molar-refractivity contribution < 1.29 is 14.2 Å². The molecule has 0 bridgehead atoms. The van der Waals surface area contributed by atoms with Crippen molar-refractivity contribution in [2.24, 2.45) is 0 Å². The third kappa shape index (κ3) is 3.48. The zero-order valence-electron chi connectivity index (χ0n) is 11.6. The highest BCUT2D eigenvalue weighted by atomic mass is 19.1. The SMILES string of the molecule is CNC(C)c1ccc(OCc2ccc(O)cc2)c(F)c1. The van der Waals surface area contributed by atoms with Gasteiger partial charge in [0, 0.05) is 6.04 Å². The number of nitrogens with one attached hydrogen (secondary N) is 1. The Morgan fingerprint density at radius 2 is 1.90 bits per heavy atom. The van der Waals surface area contributed by atoms with E-state index in [1.54, 1.807) is 30.3 Å². The number of phenolic OH excluding ortho intramolecular Hbond substituents is 1. The normalized spacial score (nSPS) is 12.2. The molecule has 2 rings (SSSR count). The molecule has 3 nitrogen and oxygen atoms in total. The zero-order chi connectivity index (χ0) is 14.5. The molecule has 0 aliphatic carbocycles. The second-order valence-electron chi connectivity index (χ2n) is 4.66. The topological polar surface area (TPSA) is 41.5 Å². The lowest BCUT2D eigenvalue weighted by Crippen LogP contribution is -2.12. The van der Waals surface area contributed by atoms with Crippen LogP contribution in [0.5, 0.6) is 11.5 Å². The molecule has 2 aromatic rings. The Bertz CT molecular complexity index is 569. The Hall–Kier alpha value is -2.07. The first-order valence-electron chi connectivity index (χ1n) is 6.47. The Labute approximate surface area is 118 Å². The zero-order valence-corrected chi connectivity index (χ0v) is 11.6. The Morgan fingerprint density at radius 3 is 2.50 bits per heavy atom. The van der Waals surface area contributed by atoms with Crippen LogP contribution in [0.1, 0.15) is 24.1 Å². The molecule has 1 unspecified atom stereocenters. The van der Waals surface area contributed by atoms with Crippen LogP contribution >= 0.6 is 0 Å². The van der Waals surface area contributed by atoms with Crippen LogP contribution in [0.4, 0.5) is 4.39 Å². The molecule has 0 aromatic heterocycles. The highest BCUT2D eigenvalue weighted by Crippen LogP contribution is 2.23. The van der Waals surface area contributed by atoms with Crippen molar-refractivity contribution in [3.05, 3.63) is 59.4 Å². The summed E-state index contributed by atoms with van der Waals surface area (Å²) in [6.45, 7) is 2.23. The van der Waals surface area contributed by atoms with Crippen molar-refractivity contribution in [2.75, 3.05) is 7.05 Å². The van der Waals surface area contributed by atoms with Crippen LogP contribution in [0.15, 0.2) is 42.5 Å². The fraction of sp³-hybridized carbons (Fsp3) is 0.250. The first kappa shape index (κ1) is 14.3.